The molecule has 0 unspecified atom stereocenters. The van der Waals surface area contributed by atoms with Crippen LogP contribution in [-0.2, 0) is 19.0 Å². The Morgan fingerprint density at radius 2 is 2.00 bits per heavy atom. The van der Waals surface area contributed by atoms with Crippen molar-refractivity contribution < 1.29 is 19.0 Å². The SMILES string of the molecule is C/C=C(/C)C(=O)OC[C@H](COC)OC. The van der Waals surface area contributed by atoms with Gasteiger partial charge in [-0.2, -0.15) is 0 Å². The molecule has 0 aromatic carbocycles. The van der Waals surface area contributed by atoms with Crippen LogP contribution in [0.2, 0.25) is 0 Å². The van der Waals surface area contributed by atoms with E-state index < -0.39 is 0 Å². The van der Waals surface area contributed by atoms with E-state index in [1.54, 1.807) is 34.1 Å². The van der Waals surface area contributed by atoms with Crippen LogP contribution in [0.5, 0.6) is 0 Å². The molecular weight excluding hydrogens is 184 g/mol. The molecule has 0 aromatic heterocycles. The summed E-state index contributed by atoms with van der Waals surface area (Å²) < 4.78 is 14.9. The summed E-state index contributed by atoms with van der Waals surface area (Å²) in [7, 11) is 3.13. The molecule has 0 aliphatic rings. The molecule has 0 aliphatic heterocycles. The quantitative estimate of drug-likeness (QED) is 0.479. The van der Waals surface area contributed by atoms with Crippen LogP contribution in [-0.4, -0.2) is 39.5 Å². The number of hydrogen-bond acceptors (Lipinski definition) is 4. The second-order valence-corrected chi connectivity index (χ2v) is 2.88. The summed E-state index contributed by atoms with van der Waals surface area (Å²) >= 11 is 0. The van der Waals surface area contributed by atoms with E-state index in [9.17, 15) is 4.79 Å². The maximum atomic E-state index is 11.2. The summed E-state index contributed by atoms with van der Waals surface area (Å²) in [4.78, 5) is 11.2. The first kappa shape index (κ1) is 13.1. The van der Waals surface area contributed by atoms with E-state index in [-0.39, 0.29) is 18.7 Å². The lowest BCUT2D eigenvalue weighted by atomic mass is 10.3. The minimum atomic E-state index is -0.314. The van der Waals surface area contributed by atoms with Crippen LogP contribution in [0.3, 0.4) is 0 Å². The zero-order valence-electron chi connectivity index (χ0n) is 9.20. The second-order valence-electron chi connectivity index (χ2n) is 2.88. The molecule has 82 valence electrons. The van der Waals surface area contributed by atoms with Gasteiger partial charge in [-0.3, -0.25) is 0 Å². The fraction of sp³-hybridized carbons (Fsp3) is 0.700. The van der Waals surface area contributed by atoms with Gasteiger partial charge >= 0.3 is 5.97 Å². The first-order valence-corrected chi connectivity index (χ1v) is 4.47. The molecule has 0 aromatic rings. The molecule has 0 heterocycles. The fourth-order valence-electron chi connectivity index (χ4n) is 0.770. The van der Waals surface area contributed by atoms with Crippen molar-refractivity contribution in [3.8, 4) is 0 Å². The van der Waals surface area contributed by atoms with Crippen LogP contribution in [0.15, 0.2) is 11.6 Å². The third kappa shape index (κ3) is 4.99. The molecule has 0 fully saturated rings. The zero-order chi connectivity index (χ0) is 11.0. The first-order valence-electron chi connectivity index (χ1n) is 4.47. The summed E-state index contributed by atoms with van der Waals surface area (Å²) in [6.45, 7) is 4.13. The Balaban J connectivity index is 3.85. The topological polar surface area (TPSA) is 44.8 Å². The van der Waals surface area contributed by atoms with E-state index in [2.05, 4.69) is 0 Å². The van der Waals surface area contributed by atoms with Gasteiger partial charge < -0.3 is 14.2 Å². The molecule has 0 saturated heterocycles. The highest BCUT2D eigenvalue weighted by atomic mass is 16.6. The zero-order valence-corrected chi connectivity index (χ0v) is 9.20. The van der Waals surface area contributed by atoms with E-state index in [4.69, 9.17) is 14.2 Å². The van der Waals surface area contributed by atoms with Crippen LogP contribution >= 0.6 is 0 Å². The molecule has 0 amide bonds. The summed E-state index contributed by atoms with van der Waals surface area (Å²) in [5.74, 6) is -0.314. The van der Waals surface area contributed by atoms with E-state index in [1.807, 2.05) is 0 Å². The standard InChI is InChI=1S/C10H18O4/c1-5-8(2)10(11)14-7-9(13-4)6-12-3/h5,9H,6-7H2,1-4H3/b8-5-/t9-/m0/s1. The number of ether oxygens (including phenoxy) is 3. The van der Waals surface area contributed by atoms with Crippen molar-refractivity contribution in [1.82, 2.24) is 0 Å². The Hall–Kier alpha value is -0.870. The average molecular weight is 202 g/mol. The van der Waals surface area contributed by atoms with Gasteiger partial charge in [-0.05, 0) is 13.8 Å². The van der Waals surface area contributed by atoms with E-state index in [0.717, 1.165) is 0 Å². The van der Waals surface area contributed by atoms with Gasteiger partial charge in [0.1, 0.15) is 12.7 Å². The van der Waals surface area contributed by atoms with Crippen molar-refractivity contribution in [2.75, 3.05) is 27.4 Å². The lowest BCUT2D eigenvalue weighted by Crippen LogP contribution is -2.25. The Morgan fingerprint density at radius 3 is 2.43 bits per heavy atom. The second kappa shape index (κ2) is 7.53. The minimum absolute atomic E-state index is 0.200. The Labute approximate surface area is 84.8 Å². The molecular formula is C10H18O4. The molecule has 4 nitrogen and oxygen atoms in total. The van der Waals surface area contributed by atoms with Crippen LogP contribution < -0.4 is 0 Å². The van der Waals surface area contributed by atoms with E-state index >= 15 is 0 Å². The normalized spacial score (nSPS) is 13.9. The first-order chi connectivity index (χ1) is 6.65. The average Bonchev–Trinajstić information content (AvgIpc) is 2.22. The van der Waals surface area contributed by atoms with Crippen molar-refractivity contribution in [3.05, 3.63) is 11.6 Å². The largest absolute Gasteiger partial charge is 0.459 e. The summed E-state index contributed by atoms with van der Waals surface area (Å²) in [5, 5.41) is 0. The number of carbonyl (C=O) groups is 1. The Kier molecular flexibility index (Phi) is 7.06. The van der Waals surface area contributed by atoms with Gasteiger partial charge in [0.25, 0.3) is 0 Å². The molecule has 0 bridgehead atoms. The highest BCUT2D eigenvalue weighted by Crippen LogP contribution is 1.99. The number of esters is 1. The summed E-state index contributed by atoms with van der Waals surface area (Å²) in [6.07, 6.45) is 1.51. The molecule has 0 saturated carbocycles. The fourth-order valence-corrected chi connectivity index (χ4v) is 0.770. The summed E-state index contributed by atoms with van der Waals surface area (Å²) in [5.41, 5.74) is 0.595. The molecule has 0 aliphatic carbocycles. The number of hydrogen-bond donors (Lipinski definition) is 0. The van der Waals surface area contributed by atoms with E-state index in [1.165, 1.54) is 0 Å². The van der Waals surface area contributed by atoms with Crippen LogP contribution in [0.4, 0.5) is 0 Å². The van der Waals surface area contributed by atoms with Gasteiger partial charge in [0.05, 0.1) is 6.61 Å². The van der Waals surface area contributed by atoms with Gasteiger partial charge in [-0.1, -0.05) is 6.08 Å². The molecule has 0 rings (SSSR count). The molecule has 1 atom stereocenters. The third-order valence-electron chi connectivity index (χ3n) is 1.84. The maximum Gasteiger partial charge on any atom is 0.333 e. The van der Waals surface area contributed by atoms with Gasteiger partial charge in [-0.15, -0.1) is 0 Å². The highest BCUT2D eigenvalue weighted by Gasteiger charge is 2.11. The van der Waals surface area contributed by atoms with Gasteiger partial charge in [0.2, 0.25) is 0 Å². The monoisotopic (exact) mass is 202 g/mol. The maximum absolute atomic E-state index is 11.2. The third-order valence-corrected chi connectivity index (χ3v) is 1.84. The van der Waals surface area contributed by atoms with Crippen molar-refractivity contribution in [3.63, 3.8) is 0 Å². The van der Waals surface area contributed by atoms with Crippen LogP contribution in [0.25, 0.3) is 0 Å². The summed E-state index contributed by atoms with van der Waals surface area (Å²) in [6, 6.07) is 0. The molecule has 0 N–H and O–H groups in total. The lowest BCUT2D eigenvalue weighted by molar-refractivity contribution is -0.143. The van der Waals surface area contributed by atoms with Gasteiger partial charge in [0.15, 0.2) is 0 Å². The molecule has 0 spiro atoms. The number of rotatable bonds is 6. The highest BCUT2D eigenvalue weighted by molar-refractivity contribution is 5.87. The van der Waals surface area contributed by atoms with Crippen LogP contribution in [0, 0.1) is 0 Å². The number of carbonyl (C=O) groups excluding carboxylic acids is 1. The van der Waals surface area contributed by atoms with E-state index in [0.29, 0.717) is 12.2 Å². The van der Waals surface area contributed by atoms with Crippen molar-refractivity contribution in [2.24, 2.45) is 0 Å². The minimum Gasteiger partial charge on any atom is -0.459 e. The Bertz CT molecular complexity index is 198. The molecule has 0 radical (unpaired) electrons. The molecule has 14 heavy (non-hydrogen) atoms. The molecule has 4 heteroatoms. The van der Waals surface area contributed by atoms with Gasteiger partial charge in [-0.25, -0.2) is 4.79 Å². The number of methoxy groups -OCH3 is 2. The van der Waals surface area contributed by atoms with Crippen molar-refractivity contribution in [1.29, 1.82) is 0 Å². The lowest BCUT2D eigenvalue weighted by Gasteiger charge is -2.14. The van der Waals surface area contributed by atoms with Crippen molar-refractivity contribution >= 4 is 5.97 Å². The van der Waals surface area contributed by atoms with Crippen LogP contribution in [0.1, 0.15) is 13.8 Å². The van der Waals surface area contributed by atoms with Crippen molar-refractivity contribution in [2.45, 2.75) is 20.0 Å². The van der Waals surface area contributed by atoms with Gasteiger partial charge in [0, 0.05) is 19.8 Å². The number of allylic oxidation sites excluding steroid dienone is 1. The smallest absolute Gasteiger partial charge is 0.333 e. The predicted octanol–water partition coefficient (Wildman–Crippen LogP) is 1.16. The predicted molar refractivity (Wildman–Crippen MR) is 53.1 cm³/mol. The Morgan fingerprint density at radius 1 is 1.36 bits per heavy atom.